The van der Waals surface area contributed by atoms with E-state index in [1.165, 1.54) is 11.4 Å². The van der Waals surface area contributed by atoms with E-state index in [1.54, 1.807) is 32.2 Å². The van der Waals surface area contributed by atoms with Crippen LogP contribution in [-0.4, -0.2) is 34.7 Å². The molecule has 7 heteroatoms. The normalized spacial score (nSPS) is 12.6. The molecule has 0 radical (unpaired) electrons. The highest BCUT2D eigenvalue weighted by atomic mass is 32.2. The number of ether oxygens (including phenoxy) is 1. The van der Waals surface area contributed by atoms with E-state index in [2.05, 4.69) is 25.2 Å². The molecule has 0 aliphatic heterocycles. The minimum absolute atomic E-state index is 0.195. The predicted molar refractivity (Wildman–Crippen MR) is 122 cm³/mol. The molecule has 30 heavy (non-hydrogen) atoms. The van der Waals surface area contributed by atoms with E-state index in [9.17, 15) is 13.2 Å². The average molecular weight is 433 g/mol. The Morgan fingerprint density at radius 3 is 2.17 bits per heavy atom. The minimum atomic E-state index is -3.37. The summed E-state index contributed by atoms with van der Waals surface area (Å²) in [5.41, 5.74) is 4.94. The number of nitrogens with one attached hydrogen (secondary N) is 1. The lowest BCUT2D eigenvalue weighted by Gasteiger charge is -2.22. The summed E-state index contributed by atoms with van der Waals surface area (Å²) in [6, 6.07) is 8.92. The first-order valence-corrected chi connectivity index (χ1v) is 11.8. The zero-order valence-electron chi connectivity index (χ0n) is 19.0. The van der Waals surface area contributed by atoms with Gasteiger partial charge in [0.1, 0.15) is 5.75 Å². The van der Waals surface area contributed by atoms with E-state index in [4.69, 9.17) is 4.74 Å². The molecule has 0 heterocycles. The lowest BCUT2D eigenvalue weighted by molar-refractivity contribution is 0.0939. The van der Waals surface area contributed by atoms with Crippen molar-refractivity contribution >= 4 is 21.6 Å². The lowest BCUT2D eigenvalue weighted by atomic mass is 9.93. The molecule has 0 saturated carbocycles. The maximum Gasteiger partial charge on any atom is 0.251 e. The molecule has 1 atom stereocenters. The number of anilines is 1. The quantitative estimate of drug-likeness (QED) is 0.707. The monoisotopic (exact) mass is 432 g/mol. The second-order valence-corrected chi connectivity index (χ2v) is 10.0. The van der Waals surface area contributed by atoms with Crippen LogP contribution in [0.1, 0.15) is 65.3 Å². The summed E-state index contributed by atoms with van der Waals surface area (Å²) in [7, 11) is -0.202. The lowest BCUT2D eigenvalue weighted by Crippen LogP contribution is -2.28. The fourth-order valence-corrected chi connectivity index (χ4v) is 4.06. The van der Waals surface area contributed by atoms with Crippen LogP contribution in [0.4, 0.5) is 5.69 Å². The number of carbonyl (C=O) groups is 1. The SMILES string of the molecule is COc1cc(C)c([C@H](C)NC(=O)c2ccc(N(C)S(C)(=O)=O)c(C)c2)cc1C(C)C. The number of rotatable bonds is 7. The highest BCUT2D eigenvalue weighted by Crippen LogP contribution is 2.32. The van der Waals surface area contributed by atoms with E-state index in [0.717, 1.165) is 28.7 Å². The highest BCUT2D eigenvalue weighted by molar-refractivity contribution is 7.92. The molecule has 6 nitrogen and oxygen atoms in total. The van der Waals surface area contributed by atoms with E-state index in [-0.39, 0.29) is 11.9 Å². The van der Waals surface area contributed by atoms with Crippen LogP contribution in [-0.2, 0) is 10.0 Å². The zero-order chi connectivity index (χ0) is 22.8. The topological polar surface area (TPSA) is 75.7 Å². The number of hydrogen-bond acceptors (Lipinski definition) is 4. The van der Waals surface area contributed by atoms with Gasteiger partial charge in [-0.3, -0.25) is 9.10 Å². The van der Waals surface area contributed by atoms with Crippen molar-refractivity contribution in [1.82, 2.24) is 5.32 Å². The number of amides is 1. The van der Waals surface area contributed by atoms with Gasteiger partial charge in [-0.05, 0) is 79.3 Å². The second-order valence-electron chi connectivity index (χ2n) is 8.03. The third-order valence-electron chi connectivity index (χ3n) is 5.35. The van der Waals surface area contributed by atoms with Crippen molar-refractivity contribution in [1.29, 1.82) is 0 Å². The molecule has 164 valence electrons. The highest BCUT2D eigenvalue weighted by Gasteiger charge is 2.19. The van der Waals surface area contributed by atoms with Crippen LogP contribution in [0.2, 0.25) is 0 Å². The standard InChI is InChI=1S/C23H32N2O4S/c1-14(2)19-13-20(15(3)12-22(19)29-7)17(5)24-23(26)18-9-10-21(16(4)11-18)25(6)30(8,27)28/h9-14,17H,1-8H3,(H,24,26)/t17-/m0/s1. The van der Waals surface area contributed by atoms with Gasteiger partial charge in [0.2, 0.25) is 10.0 Å². The van der Waals surface area contributed by atoms with Gasteiger partial charge in [0, 0.05) is 12.6 Å². The zero-order valence-corrected chi connectivity index (χ0v) is 19.8. The van der Waals surface area contributed by atoms with Crippen molar-refractivity contribution in [2.75, 3.05) is 24.7 Å². The first-order chi connectivity index (χ1) is 13.9. The van der Waals surface area contributed by atoms with Gasteiger partial charge in [-0.1, -0.05) is 13.8 Å². The van der Waals surface area contributed by atoms with E-state index < -0.39 is 10.0 Å². The van der Waals surface area contributed by atoms with Gasteiger partial charge in [-0.25, -0.2) is 8.42 Å². The minimum Gasteiger partial charge on any atom is -0.496 e. The number of carbonyl (C=O) groups excluding carboxylic acids is 1. The predicted octanol–water partition coefficient (Wildman–Crippen LogP) is 4.32. The molecule has 0 aromatic heterocycles. The van der Waals surface area contributed by atoms with Crippen molar-refractivity contribution < 1.29 is 17.9 Å². The van der Waals surface area contributed by atoms with Crippen LogP contribution in [0.3, 0.4) is 0 Å². The summed E-state index contributed by atoms with van der Waals surface area (Å²) in [5.74, 6) is 0.940. The Hall–Kier alpha value is -2.54. The molecule has 2 aromatic carbocycles. The van der Waals surface area contributed by atoms with Gasteiger partial charge >= 0.3 is 0 Å². The molecule has 0 saturated heterocycles. The van der Waals surface area contributed by atoms with Crippen molar-refractivity contribution in [3.05, 3.63) is 58.1 Å². The van der Waals surface area contributed by atoms with E-state index in [0.29, 0.717) is 22.7 Å². The van der Waals surface area contributed by atoms with Crippen LogP contribution < -0.4 is 14.4 Å². The largest absolute Gasteiger partial charge is 0.496 e. The van der Waals surface area contributed by atoms with Gasteiger partial charge < -0.3 is 10.1 Å². The van der Waals surface area contributed by atoms with Crippen LogP contribution in [0.5, 0.6) is 5.75 Å². The molecule has 1 amide bonds. The molecule has 2 aromatic rings. The molecule has 0 fully saturated rings. The fourth-order valence-electron chi connectivity index (χ4n) is 3.50. The van der Waals surface area contributed by atoms with Gasteiger partial charge in [0.25, 0.3) is 5.91 Å². The number of aryl methyl sites for hydroxylation is 2. The summed E-state index contributed by atoms with van der Waals surface area (Å²) in [4.78, 5) is 12.8. The Morgan fingerprint density at radius 2 is 1.67 bits per heavy atom. The molecule has 0 spiro atoms. The summed E-state index contributed by atoms with van der Waals surface area (Å²) in [5, 5.41) is 3.05. The summed E-state index contributed by atoms with van der Waals surface area (Å²) in [6.07, 6.45) is 1.15. The van der Waals surface area contributed by atoms with Gasteiger partial charge in [0.15, 0.2) is 0 Å². The Balaban J connectivity index is 2.28. The molecular weight excluding hydrogens is 400 g/mol. The summed E-state index contributed by atoms with van der Waals surface area (Å²) >= 11 is 0. The third kappa shape index (κ3) is 5.14. The number of hydrogen-bond donors (Lipinski definition) is 1. The maximum atomic E-state index is 12.8. The van der Waals surface area contributed by atoms with Crippen LogP contribution in [0.15, 0.2) is 30.3 Å². The summed E-state index contributed by atoms with van der Waals surface area (Å²) in [6.45, 7) is 9.97. The number of benzene rings is 2. The van der Waals surface area contributed by atoms with Crippen LogP contribution in [0, 0.1) is 13.8 Å². The van der Waals surface area contributed by atoms with Gasteiger partial charge in [0.05, 0.1) is 25.1 Å². The number of nitrogens with zero attached hydrogens (tertiary/aromatic N) is 1. The Labute approximate surface area is 180 Å². The van der Waals surface area contributed by atoms with Crippen molar-refractivity contribution in [2.45, 2.75) is 46.6 Å². The van der Waals surface area contributed by atoms with E-state index >= 15 is 0 Å². The van der Waals surface area contributed by atoms with Crippen LogP contribution in [0.25, 0.3) is 0 Å². The fraction of sp³-hybridized carbons (Fsp3) is 0.435. The summed E-state index contributed by atoms with van der Waals surface area (Å²) < 4.78 is 30.3. The first kappa shape index (κ1) is 23.7. The number of methoxy groups -OCH3 is 1. The van der Waals surface area contributed by atoms with Gasteiger partial charge in [-0.2, -0.15) is 0 Å². The molecule has 0 unspecified atom stereocenters. The Kier molecular flexibility index (Phi) is 7.18. The van der Waals surface area contributed by atoms with Crippen LogP contribution >= 0.6 is 0 Å². The molecule has 0 aliphatic rings. The molecular formula is C23H32N2O4S. The van der Waals surface area contributed by atoms with Crippen molar-refractivity contribution in [2.24, 2.45) is 0 Å². The van der Waals surface area contributed by atoms with Crippen molar-refractivity contribution in [3.8, 4) is 5.75 Å². The Bertz CT molecular complexity index is 1050. The molecule has 0 aliphatic carbocycles. The van der Waals surface area contributed by atoms with Crippen molar-refractivity contribution in [3.63, 3.8) is 0 Å². The smallest absolute Gasteiger partial charge is 0.251 e. The number of sulfonamides is 1. The Morgan fingerprint density at radius 1 is 1.03 bits per heavy atom. The van der Waals surface area contributed by atoms with E-state index in [1.807, 2.05) is 19.9 Å². The third-order valence-corrected chi connectivity index (χ3v) is 6.54. The maximum absolute atomic E-state index is 12.8. The average Bonchev–Trinajstić information content (AvgIpc) is 2.65. The molecule has 0 bridgehead atoms. The molecule has 1 N–H and O–H groups in total. The van der Waals surface area contributed by atoms with Gasteiger partial charge in [-0.15, -0.1) is 0 Å². The first-order valence-electron chi connectivity index (χ1n) is 9.90. The molecule has 2 rings (SSSR count). The second kappa shape index (κ2) is 9.08.